The molecule has 0 saturated heterocycles. The van der Waals surface area contributed by atoms with E-state index in [0.717, 1.165) is 28.1 Å². The lowest BCUT2D eigenvalue weighted by molar-refractivity contribution is 0.0742. The molecule has 0 radical (unpaired) electrons. The van der Waals surface area contributed by atoms with Gasteiger partial charge in [0, 0.05) is 19.6 Å². The summed E-state index contributed by atoms with van der Waals surface area (Å²) in [6, 6.07) is 13.9. The van der Waals surface area contributed by atoms with Gasteiger partial charge in [0.25, 0.3) is 5.91 Å². The monoisotopic (exact) mass is 468 g/mol. The Morgan fingerprint density at radius 3 is 2.45 bits per heavy atom. The van der Waals surface area contributed by atoms with Gasteiger partial charge < -0.3 is 25.0 Å². The van der Waals surface area contributed by atoms with E-state index >= 15 is 0 Å². The van der Waals surface area contributed by atoms with Gasteiger partial charge in [-0.3, -0.25) is 4.79 Å². The van der Waals surface area contributed by atoms with Crippen molar-refractivity contribution in [2.45, 2.75) is 13.3 Å². The fourth-order valence-corrected chi connectivity index (χ4v) is 4.37. The van der Waals surface area contributed by atoms with Crippen molar-refractivity contribution in [3.05, 3.63) is 59.3 Å². The molecular weight excluding hydrogens is 436 g/mol. The molecule has 2 N–H and O–H groups in total. The minimum Gasteiger partial charge on any atom is -0.493 e. The number of amides is 1. The van der Waals surface area contributed by atoms with Crippen LogP contribution in [0.25, 0.3) is 10.4 Å². The Morgan fingerprint density at radius 2 is 1.79 bits per heavy atom. The molecule has 2 aromatic carbocycles. The SMILES string of the molecule is COc1ccc(CCN(CCN(C)C)C(=O)c2nc(N)sc2-c2cccc(C)c2)cc1OC. The highest BCUT2D eigenvalue weighted by molar-refractivity contribution is 7.19. The third-order valence-corrected chi connectivity index (χ3v) is 6.28. The summed E-state index contributed by atoms with van der Waals surface area (Å²) >= 11 is 1.35. The van der Waals surface area contributed by atoms with Crippen molar-refractivity contribution in [2.75, 3.05) is 53.7 Å². The van der Waals surface area contributed by atoms with Crippen LogP contribution in [0.4, 0.5) is 5.13 Å². The Kier molecular flexibility index (Phi) is 8.30. The highest BCUT2D eigenvalue weighted by atomic mass is 32.1. The Labute approximate surface area is 199 Å². The number of ether oxygens (including phenoxy) is 2. The van der Waals surface area contributed by atoms with Crippen LogP contribution >= 0.6 is 11.3 Å². The van der Waals surface area contributed by atoms with E-state index < -0.39 is 0 Å². The van der Waals surface area contributed by atoms with Crippen LogP contribution in [0.5, 0.6) is 11.5 Å². The molecule has 7 nitrogen and oxygen atoms in total. The topological polar surface area (TPSA) is 80.9 Å². The maximum absolute atomic E-state index is 13.6. The number of thiazole rings is 1. The normalized spacial score (nSPS) is 11.0. The van der Waals surface area contributed by atoms with Gasteiger partial charge in [-0.15, -0.1) is 0 Å². The Bertz CT molecular complexity index is 1100. The maximum atomic E-state index is 13.6. The standard InChI is InChI=1S/C25H32N4O3S/c1-17-7-6-8-19(15-17)23-22(27-25(26)33-23)24(30)29(14-13-28(2)3)12-11-18-9-10-20(31-4)21(16-18)32-5/h6-10,15-16H,11-14H2,1-5H3,(H2,26,27). The van der Waals surface area contributed by atoms with Gasteiger partial charge in [0.05, 0.1) is 19.1 Å². The molecular formula is C25H32N4O3S. The molecule has 0 bridgehead atoms. The minimum atomic E-state index is -0.109. The Hall–Kier alpha value is -3.10. The number of anilines is 1. The van der Waals surface area contributed by atoms with Crippen LogP contribution in [0.3, 0.4) is 0 Å². The smallest absolute Gasteiger partial charge is 0.274 e. The zero-order valence-electron chi connectivity index (χ0n) is 19.9. The molecule has 8 heteroatoms. The summed E-state index contributed by atoms with van der Waals surface area (Å²) in [5.74, 6) is 1.25. The number of nitrogen functional groups attached to an aromatic ring is 1. The highest BCUT2D eigenvalue weighted by Crippen LogP contribution is 2.33. The number of aryl methyl sites for hydroxylation is 1. The van der Waals surface area contributed by atoms with Crippen molar-refractivity contribution in [3.63, 3.8) is 0 Å². The van der Waals surface area contributed by atoms with E-state index in [2.05, 4.69) is 16.0 Å². The van der Waals surface area contributed by atoms with Gasteiger partial charge in [0.15, 0.2) is 16.6 Å². The van der Waals surface area contributed by atoms with E-state index in [1.165, 1.54) is 11.3 Å². The second-order valence-corrected chi connectivity index (χ2v) is 9.16. The number of nitrogens with two attached hydrogens (primary N) is 1. The first-order valence-corrected chi connectivity index (χ1v) is 11.6. The number of rotatable bonds is 10. The fraction of sp³-hybridized carbons (Fsp3) is 0.360. The average molecular weight is 469 g/mol. The molecule has 176 valence electrons. The van der Waals surface area contributed by atoms with Gasteiger partial charge in [-0.05, 0) is 50.7 Å². The number of carbonyl (C=O) groups excluding carboxylic acids is 1. The van der Waals surface area contributed by atoms with Crippen molar-refractivity contribution in [3.8, 4) is 21.9 Å². The van der Waals surface area contributed by atoms with Gasteiger partial charge in [-0.25, -0.2) is 4.98 Å². The van der Waals surface area contributed by atoms with Crippen LogP contribution < -0.4 is 15.2 Å². The van der Waals surface area contributed by atoms with Crippen molar-refractivity contribution >= 4 is 22.4 Å². The van der Waals surface area contributed by atoms with E-state index in [1.807, 2.05) is 62.3 Å². The number of likely N-dealkylation sites (N-methyl/N-ethyl adjacent to an activating group) is 1. The molecule has 0 atom stereocenters. The van der Waals surface area contributed by atoms with E-state index in [9.17, 15) is 4.79 Å². The first kappa shape index (κ1) is 24.5. The van der Waals surface area contributed by atoms with E-state index in [-0.39, 0.29) is 5.91 Å². The molecule has 1 heterocycles. The second kappa shape index (κ2) is 11.2. The van der Waals surface area contributed by atoms with Gasteiger partial charge >= 0.3 is 0 Å². The summed E-state index contributed by atoms with van der Waals surface area (Å²) in [6.45, 7) is 3.91. The van der Waals surface area contributed by atoms with E-state index in [1.54, 1.807) is 14.2 Å². The summed E-state index contributed by atoms with van der Waals surface area (Å²) in [6.07, 6.45) is 0.679. The third-order valence-electron chi connectivity index (χ3n) is 5.35. The molecule has 0 aliphatic carbocycles. The lowest BCUT2D eigenvalue weighted by Crippen LogP contribution is -2.38. The largest absolute Gasteiger partial charge is 0.493 e. The van der Waals surface area contributed by atoms with E-state index in [4.69, 9.17) is 15.2 Å². The van der Waals surface area contributed by atoms with Gasteiger partial charge in [0.1, 0.15) is 5.69 Å². The molecule has 3 rings (SSSR count). The van der Waals surface area contributed by atoms with Crippen LogP contribution in [0.2, 0.25) is 0 Å². The zero-order valence-corrected chi connectivity index (χ0v) is 20.7. The Morgan fingerprint density at radius 1 is 1.03 bits per heavy atom. The summed E-state index contributed by atoms with van der Waals surface area (Å²) in [5, 5.41) is 0.391. The maximum Gasteiger partial charge on any atom is 0.274 e. The summed E-state index contributed by atoms with van der Waals surface area (Å²) < 4.78 is 10.8. The molecule has 3 aromatic rings. The molecule has 0 aliphatic heterocycles. The van der Waals surface area contributed by atoms with Crippen LogP contribution in [0.1, 0.15) is 21.6 Å². The highest BCUT2D eigenvalue weighted by Gasteiger charge is 2.24. The van der Waals surface area contributed by atoms with Crippen LogP contribution in [-0.4, -0.2) is 68.6 Å². The third kappa shape index (κ3) is 6.24. The number of hydrogen-bond acceptors (Lipinski definition) is 7. The molecule has 0 fully saturated rings. The minimum absolute atomic E-state index is 0.109. The van der Waals surface area contributed by atoms with Gasteiger partial charge in [-0.1, -0.05) is 47.2 Å². The quantitative estimate of drug-likeness (QED) is 0.485. The fourth-order valence-electron chi connectivity index (χ4n) is 3.55. The zero-order chi connectivity index (χ0) is 24.0. The van der Waals surface area contributed by atoms with Crippen molar-refractivity contribution in [2.24, 2.45) is 0 Å². The van der Waals surface area contributed by atoms with Crippen LogP contribution in [0.15, 0.2) is 42.5 Å². The number of hydrogen-bond donors (Lipinski definition) is 1. The lowest BCUT2D eigenvalue weighted by Gasteiger charge is -2.24. The summed E-state index contributed by atoms with van der Waals surface area (Å²) in [7, 11) is 7.23. The van der Waals surface area contributed by atoms with Gasteiger partial charge in [-0.2, -0.15) is 0 Å². The summed E-state index contributed by atoms with van der Waals surface area (Å²) in [5.41, 5.74) is 9.59. The molecule has 1 amide bonds. The molecule has 0 spiro atoms. The predicted molar refractivity (Wildman–Crippen MR) is 134 cm³/mol. The Balaban J connectivity index is 1.86. The van der Waals surface area contributed by atoms with E-state index in [0.29, 0.717) is 41.8 Å². The number of methoxy groups -OCH3 is 2. The predicted octanol–water partition coefficient (Wildman–Crippen LogP) is 3.96. The number of benzene rings is 2. The van der Waals surface area contributed by atoms with Crippen LogP contribution in [-0.2, 0) is 6.42 Å². The first-order valence-electron chi connectivity index (χ1n) is 10.8. The molecule has 0 unspecified atom stereocenters. The van der Waals surface area contributed by atoms with Crippen molar-refractivity contribution in [1.29, 1.82) is 0 Å². The van der Waals surface area contributed by atoms with Crippen molar-refractivity contribution in [1.82, 2.24) is 14.8 Å². The average Bonchev–Trinajstić information content (AvgIpc) is 3.20. The van der Waals surface area contributed by atoms with Crippen LogP contribution in [0, 0.1) is 6.92 Å². The molecule has 1 aromatic heterocycles. The second-order valence-electron chi connectivity index (χ2n) is 8.13. The number of aromatic nitrogens is 1. The van der Waals surface area contributed by atoms with Crippen molar-refractivity contribution < 1.29 is 14.3 Å². The number of nitrogens with zero attached hydrogens (tertiary/aromatic N) is 3. The lowest BCUT2D eigenvalue weighted by atomic mass is 10.1. The molecule has 0 saturated carbocycles. The molecule has 33 heavy (non-hydrogen) atoms. The molecule has 0 aliphatic rings. The number of carbonyl (C=O) groups is 1. The summed E-state index contributed by atoms with van der Waals surface area (Å²) in [4.78, 5) is 22.8. The van der Waals surface area contributed by atoms with Gasteiger partial charge in [0.2, 0.25) is 0 Å². The first-order chi connectivity index (χ1) is 15.8.